The number of urea groups is 1. The molecule has 21 heavy (non-hydrogen) atoms. The lowest BCUT2D eigenvalue weighted by Gasteiger charge is -2.05. The number of hydrogen-bond donors (Lipinski definition) is 2. The van der Waals surface area contributed by atoms with Crippen LogP contribution in [0.3, 0.4) is 0 Å². The van der Waals surface area contributed by atoms with Crippen molar-refractivity contribution in [2.24, 2.45) is 0 Å². The van der Waals surface area contributed by atoms with Crippen molar-refractivity contribution in [1.82, 2.24) is 25.0 Å². The van der Waals surface area contributed by atoms with Crippen LogP contribution in [-0.4, -0.2) is 26.9 Å². The first-order valence-corrected chi connectivity index (χ1v) is 8.30. The van der Waals surface area contributed by atoms with E-state index in [-0.39, 0.29) is 6.03 Å². The molecule has 6 nitrogen and oxygen atoms in total. The first kappa shape index (κ1) is 14.0. The number of nitrogens with zero attached hydrogens (tertiary/aromatic N) is 3. The fraction of sp³-hybridized carbons (Fsp3) is 0.308. The first-order valence-electron chi connectivity index (χ1n) is 6.54. The molecule has 2 N–H and O–H groups in total. The summed E-state index contributed by atoms with van der Waals surface area (Å²) in [4.78, 5) is 21.4. The molecule has 0 bridgehead atoms. The van der Waals surface area contributed by atoms with Gasteiger partial charge in [-0.2, -0.15) is 0 Å². The highest BCUT2D eigenvalue weighted by atomic mass is 32.1. The van der Waals surface area contributed by atoms with E-state index in [1.165, 1.54) is 0 Å². The first-order chi connectivity index (χ1) is 10.2. The molecule has 0 atom stereocenters. The second-order valence-electron chi connectivity index (χ2n) is 4.54. The van der Waals surface area contributed by atoms with Gasteiger partial charge in [0.15, 0.2) is 4.96 Å². The van der Waals surface area contributed by atoms with E-state index < -0.39 is 0 Å². The third-order valence-corrected chi connectivity index (χ3v) is 4.50. The zero-order valence-corrected chi connectivity index (χ0v) is 13.1. The van der Waals surface area contributed by atoms with Crippen LogP contribution in [0.15, 0.2) is 23.2 Å². The molecule has 0 saturated heterocycles. The summed E-state index contributed by atoms with van der Waals surface area (Å²) in [6, 6.07) is -0.182. The molecule has 3 aromatic rings. The standard InChI is InChI=1S/C13H15N5OS2/c1-9-16-10(8-21-9)2-3-14-12(19)15-6-11-7-18-4-5-20-13(18)17-11/h4-5,7-8H,2-3,6H2,1H3,(H2,14,15,19). The summed E-state index contributed by atoms with van der Waals surface area (Å²) in [6.45, 7) is 2.98. The Kier molecular flexibility index (Phi) is 4.16. The van der Waals surface area contributed by atoms with Gasteiger partial charge in [0.05, 0.1) is 22.9 Å². The third kappa shape index (κ3) is 3.59. The Balaban J connectivity index is 1.41. The fourth-order valence-electron chi connectivity index (χ4n) is 1.92. The number of rotatable bonds is 5. The summed E-state index contributed by atoms with van der Waals surface area (Å²) in [6.07, 6.45) is 4.62. The Morgan fingerprint density at radius 2 is 2.19 bits per heavy atom. The fourth-order valence-corrected chi connectivity index (χ4v) is 3.29. The van der Waals surface area contributed by atoms with Gasteiger partial charge in [-0.3, -0.25) is 4.40 Å². The van der Waals surface area contributed by atoms with Crippen LogP contribution in [0.25, 0.3) is 4.96 Å². The average Bonchev–Trinajstić information content (AvgIpc) is 3.12. The molecule has 0 aliphatic carbocycles. The second-order valence-corrected chi connectivity index (χ2v) is 6.48. The Labute approximate surface area is 129 Å². The van der Waals surface area contributed by atoms with E-state index in [1.54, 1.807) is 22.7 Å². The normalized spacial score (nSPS) is 10.9. The monoisotopic (exact) mass is 321 g/mol. The van der Waals surface area contributed by atoms with Gasteiger partial charge in [0, 0.05) is 36.1 Å². The predicted octanol–water partition coefficient (Wildman–Crippen LogP) is 2.20. The van der Waals surface area contributed by atoms with Crippen LogP contribution in [0.1, 0.15) is 16.4 Å². The summed E-state index contributed by atoms with van der Waals surface area (Å²) in [7, 11) is 0. The summed E-state index contributed by atoms with van der Waals surface area (Å²) < 4.78 is 1.95. The van der Waals surface area contributed by atoms with Gasteiger partial charge in [0.25, 0.3) is 0 Å². The van der Waals surface area contributed by atoms with Crippen molar-refractivity contribution in [3.05, 3.63) is 39.5 Å². The van der Waals surface area contributed by atoms with Gasteiger partial charge in [-0.1, -0.05) is 0 Å². The maximum atomic E-state index is 11.7. The van der Waals surface area contributed by atoms with Crippen LogP contribution in [0, 0.1) is 6.92 Å². The van der Waals surface area contributed by atoms with Crippen molar-refractivity contribution < 1.29 is 4.79 Å². The molecule has 0 spiro atoms. The van der Waals surface area contributed by atoms with Crippen LogP contribution in [0.2, 0.25) is 0 Å². The number of imidazole rings is 1. The Bertz CT molecular complexity index is 716. The third-order valence-electron chi connectivity index (χ3n) is 2.91. The van der Waals surface area contributed by atoms with Crippen molar-refractivity contribution in [2.45, 2.75) is 19.9 Å². The maximum absolute atomic E-state index is 11.7. The van der Waals surface area contributed by atoms with E-state index >= 15 is 0 Å². The lowest BCUT2D eigenvalue weighted by Crippen LogP contribution is -2.36. The molecule has 3 rings (SSSR count). The Morgan fingerprint density at radius 1 is 1.29 bits per heavy atom. The molecule has 2 amide bonds. The molecule has 0 fully saturated rings. The van der Waals surface area contributed by atoms with Crippen LogP contribution in [0.4, 0.5) is 4.79 Å². The van der Waals surface area contributed by atoms with Gasteiger partial charge in [-0.05, 0) is 6.92 Å². The molecule has 0 aliphatic rings. The van der Waals surface area contributed by atoms with E-state index in [9.17, 15) is 4.79 Å². The van der Waals surface area contributed by atoms with E-state index in [2.05, 4.69) is 20.6 Å². The minimum absolute atomic E-state index is 0.182. The number of fused-ring (bicyclic) bond motifs is 1. The van der Waals surface area contributed by atoms with Crippen LogP contribution in [0.5, 0.6) is 0 Å². The molecule has 110 valence electrons. The number of amides is 2. The van der Waals surface area contributed by atoms with Crippen LogP contribution in [-0.2, 0) is 13.0 Å². The van der Waals surface area contributed by atoms with Gasteiger partial charge in [-0.25, -0.2) is 14.8 Å². The lowest BCUT2D eigenvalue weighted by atomic mass is 10.3. The molecule has 0 unspecified atom stereocenters. The number of thiazole rings is 2. The topological polar surface area (TPSA) is 71.3 Å². The molecular formula is C13H15N5OS2. The number of aromatic nitrogens is 3. The van der Waals surface area contributed by atoms with Crippen LogP contribution >= 0.6 is 22.7 Å². The number of hydrogen-bond acceptors (Lipinski definition) is 5. The average molecular weight is 321 g/mol. The predicted molar refractivity (Wildman–Crippen MR) is 83.9 cm³/mol. The molecule has 3 heterocycles. The largest absolute Gasteiger partial charge is 0.338 e. The molecule has 0 aromatic carbocycles. The van der Waals surface area contributed by atoms with Crippen molar-refractivity contribution in [1.29, 1.82) is 0 Å². The second kappa shape index (κ2) is 6.23. The van der Waals surface area contributed by atoms with Crippen molar-refractivity contribution in [3.8, 4) is 0 Å². The smallest absolute Gasteiger partial charge is 0.315 e. The highest BCUT2D eigenvalue weighted by Gasteiger charge is 2.05. The molecule has 3 aromatic heterocycles. The van der Waals surface area contributed by atoms with Crippen molar-refractivity contribution in [2.75, 3.05) is 6.54 Å². The van der Waals surface area contributed by atoms with E-state index in [4.69, 9.17) is 0 Å². The number of aryl methyl sites for hydroxylation is 1. The number of carbonyl (C=O) groups is 1. The molecule has 8 heteroatoms. The zero-order chi connectivity index (χ0) is 14.7. The van der Waals surface area contributed by atoms with Crippen LogP contribution < -0.4 is 10.6 Å². The molecule has 0 aliphatic heterocycles. The summed E-state index contributed by atoms with van der Waals surface area (Å²) in [5.41, 5.74) is 1.87. The quantitative estimate of drug-likeness (QED) is 0.757. The Morgan fingerprint density at radius 3 is 2.95 bits per heavy atom. The van der Waals surface area contributed by atoms with E-state index in [0.717, 1.165) is 27.8 Å². The maximum Gasteiger partial charge on any atom is 0.315 e. The highest BCUT2D eigenvalue weighted by molar-refractivity contribution is 7.15. The minimum atomic E-state index is -0.182. The van der Waals surface area contributed by atoms with Gasteiger partial charge < -0.3 is 10.6 Å². The van der Waals surface area contributed by atoms with Gasteiger partial charge in [0.1, 0.15) is 0 Å². The number of nitrogens with one attached hydrogen (secondary N) is 2. The van der Waals surface area contributed by atoms with Gasteiger partial charge in [0.2, 0.25) is 0 Å². The van der Waals surface area contributed by atoms with Gasteiger partial charge in [-0.15, -0.1) is 22.7 Å². The molecule has 0 radical (unpaired) electrons. The molecule has 0 saturated carbocycles. The van der Waals surface area contributed by atoms with Crippen molar-refractivity contribution in [3.63, 3.8) is 0 Å². The Hall–Kier alpha value is -1.93. The number of carbonyl (C=O) groups excluding carboxylic acids is 1. The lowest BCUT2D eigenvalue weighted by molar-refractivity contribution is 0.240. The van der Waals surface area contributed by atoms with Crippen molar-refractivity contribution >= 4 is 33.7 Å². The van der Waals surface area contributed by atoms with Gasteiger partial charge >= 0.3 is 6.03 Å². The minimum Gasteiger partial charge on any atom is -0.338 e. The summed E-state index contributed by atoms with van der Waals surface area (Å²) in [5.74, 6) is 0. The van der Waals surface area contributed by atoms with E-state index in [1.807, 2.05) is 34.5 Å². The summed E-state index contributed by atoms with van der Waals surface area (Å²) >= 11 is 3.20. The zero-order valence-electron chi connectivity index (χ0n) is 11.5. The molecular weight excluding hydrogens is 306 g/mol. The highest BCUT2D eigenvalue weighted by Crippen LogP contribution is 2.11. The summed E-state index contributed by atoms with van der Waals surface area (Å²) in [5, 5.41) is 10.7. The SMILES string of the molecule is Cc1nc(CCNC(=O)NCc2cn3ccsc3n2)cs1. The van der Waals surface area contributed by atoms with E-state index in [0.29, 0.717) is 13.1 Å².